The van der Waals surface area contributed by atoms with E-state index in [1.807, 2.05) is 12.1 Å². The van der Waals surface area contributed by atoms with Crippen LogP contribution in [0.4, 0.5) is 5.82 Å². The maximum atomic E-state index is 5.73. The minimum absolute atomic E-state index is 0.575. The van der Waals surface area contributed by atoms with Crippen LogP contribution in [-0.2, 0) is 6.42 Å². The van der Waals surface area contributed by atoms with Crippen LogP contribution in [0.5, 0.6) is 0 Å². The van der Waals surface area contributed by atoms with Gasteiger partial charge in [-0.05, 0) is 18.6 Å². The minimum atomic E-state index is 0.575. The molecule has 0 saturated heterocycles. The lowest BCUT2D eigenvalue weighted by molar-refractivity contribution is 1.10. The molecule has 0 aromatic carbocycles. The lowest BCUT2D eigenvalue weighted by Crippen LogP contribution is -1.90. The largest absolute Gasteiger partial charge is 0.382 e. The van der Waals surface area contributed by atoms with Gasteiger partial charge in [-0.3, -0.25) is 10.1 Å². The van der Waals surface area contributed by atoms with Crippen LogP contribution >= 0.6 is 0 Å². The molecule has 72 valence electrons. The smallest absolute Gasteiger partial charge is 0.149 e. The van der Waals surface area contributed by atoms with Crippen molar-refractivity contribution in [2.45, 2.75) is 13.3 Å². The average molecular weight is 188 g/mol. The molecule has 0 amide bonds. The number of nitrogens with one attached hydrogen (secondary N) is 1. The Balaban J connectivity index is 2.52. The highest BCUT2D eigenvalue weighted by atomic mass is 15.2. The third kappa shape index (κ3) is 1.35. The van der Waals surface area contributed by atoms with Gasteiger partial charge in [0.2, 0.25) is 0 Å². The summed E-state index contributed by atoms with van der Waals surface area (Å²) in [7, 11) is 0. The predicted molar refractivity (Wildman–Crippen MR) is 55.6 cm³/mol. The van der Waals surface area contributed by atoms with Crippen molar-refractivity contribution in [3.05, 3.63) is 30.1 Å². The highest BCUT2D eigenvalue weighted by Crippen LogP contribution is 2.24. The number of aromatic nitrogens is 3. The molecular formula is C10H12N4. The van der Waals surface area contributed by atoms with E-state index < -0.39 is 0 Å². The highest BCUT2D eigenvalue weighted by Gasteiger charge is 2.09. The SMILES string of the molecule is CCc1c(N)n[nH]c1-c1cccnc1. The van der Waals surface area contributed by atoms with Crippen LogP contribution in [-0.4, -0.2) is 15.2 Å². The molecule has 3 N–H and O–H groups in total. The number of rotatable bonds is 2. The van der Waals surface area contributed by atoms with Crippen molar-refractivity contribution < 1.29 is 0 Å². The zero-order valence-electron chi connectivity index (χ0n) is 7.99. The highest BCUT2D eigenvalue weighted by molar-refractivity contribution is 5.67. The van der Waals surface area contributed by atoms with Crippen molar-refractivity contribution in [2.75, 3.05) is 5.73 Å². The van der Waals surface area contributed by atoms with E-state index in [0.717, 1.165) is 23.2 Å². The molecule has 0 saturated carbocycles. The normalized spacial score (nSPS) is 10.4. The molecule has 0 aliphatic heterocycles. The molecule has 0 spiro atoms. The number of nitrogens with zero attached hydrogens (tertiary/aromatic N) is 2. The van der Waals surface area contributed by atoms with Crippen LogP contribution in [0.15, 0.2) is 24.5 Å². The van der Waals surface area contributed by atoms with Gasteiger partial charge in [-0.15, -0.1) is 0 Å². The van der Waals surface area contributed by atoms with Crippen molar-refractivity contribution in [2.24, 2.45) is 0 Å². The van der Waals surface area contributed by atoms with Crippen molar-refractivity contribution >= 4 is 5.82 Å². The first-order chi connectivity index (χ1) is 6.83. The summed E-state index contributed by atoms with van der Waals surface area (Å²) in [5.74, 6) is 0.575. The topological polar surface area (TPSA) is 67.6 Å². The van der Waals surface area contributed by atoms with Gasteiger partial charge in [-0.1, -0.05) is 6.92 Å². The van der Waals surface area contributed by atoms with Gasteiger partial charge in [-0.25, -0.2) is 0 Å². The van der Waals surface area contributed by atoms with Crippen LogP contribution in [0.3, 0.4) is 0 Å². The van der Waals surface area contributed by atoms with Crippen LogP contribution in [0.2, 0.25) is 0 Å². The number of aromatic amines is 1. The summed E-state index contributed by atoms with van der Waals surface area (Å²) >= 11 is 0. The molecule has 2 rings (SSSR count). The van der Waals surface area contributed by atoms with E-state index >= 15 is 0 Å². The van der Waals surface area contributed by atoms with E-state index in [0.29, 0.717) is 5.82 Å². The molecule has 0 fully saturated rings. The van der Waals surface area contributed by atoms with Crippen LogP contribution in [0.25, 0.3) is 11.3 Å². The Labute approximate surface area is 82.2 Å². The number of hydrogen-bond donors (Lipinski definition) is 2. The van der Waals surface area contributed by atoms with Gasteiger partial charge < -0.3 is 5.73 Å². The van der Waals surface area contributed by atoms with Gasteiger partial charge in [0, 0.05) is 23.5 Å². The van der Waals surface area contributed by atoms with Gasteiger partial charge in [0.05, 0.1) is 5.69 Å². The van der Waals surface area contributed by atoms with Crippen molar-refractivity contribution in [1.29, 1.82) is 0 Å². The summed E-state index contributed by atoms with van der Waals surface area (Å²) in [5.41, 5.74) is 8.77. The van der Waals surface area contributed by atoms with Crippen molar-refractivity contribution in [3.63, 3.8) is 0 Å². The van der Waals surface area contributed by atoms with Crippen molar-refractivity contribution in [3.8, 4) is 11.3 Å². The molecule has 0 unspecified atom stereocenters. The fraction of sp³-hybridized carbons (Fsp3) is 0.200. The van der Waals surface area contributed by atoms with E-state index in [2.05, 4.69) is 22.1 Å². The van der Waals surface area contributed by atoms with E-state index in [4.69, 9.17) is 5.73 Å². The molecule has 0 aliphatic carbocycles. The van der Waals surface area contributed by atoms with Crippen LogP contribution < -0.4 is 5.73 Å². The molecule has 4 nitrogen and oxygen atoms in total. The summed E-state index contributed by atoms with van der Waals surface area (Å²) in [6.45, 7) is 2.06. The zero-order chi connectivity index (χ0) is 9.97. The molecule has 14 heavy (non-hydrogen) atoms. The first-order valence-electron chi connectivity index (χ1n) is 4.56. The number of hydrogen-bond acceptors (Lipinski definition) is 3. The Hall–Kier alpha value is -1.84. The lowest BCUT2D eigenvalue weighted by Gasteiger charge is -1.99. The van der Waals surface area contributed by atoms with Crippen LogP contribution in [0, 0.1) is 0 Å². The second-order valence-electron chi connectivity index (χ2n) is 3.06. The quantitative estimate of drug-likeness (QED) is 0.752. The van der Waals surface area contributed by atoms with E-state index in [-0.39, 0.29) is 0 Å². The van der Waals surface area contributed by atoms with Crippen molar-refractivity contribution in [1.82, 2.24) is 15.2 Å². The molecule has 2 aromatic rings. The fourth-order valence-electron chi connectivity index (χ4n) is 1.49. The monoisotopic (exact) mass is 188 g/mol. The zero-order valence-corrected chi connectivity index (χ0v) is 7.99. The summed E-state index contributed by atoms with van der Waals surface area (Å²) < 4.78 is 0. The first kappa shape index (κ1) is 8.74. The number of nitrogens with two attached hydrogens (primary N) is 1. The summed E-state index contributed by atoms with van der Waals surface area (Å²) in [5, 5.41) is 6.92. The van der Waals surface area contributed by atoms with E-state index in [1.54, 1.807) is 12.4 Å². The maximum Gasteiger partial charge on any atom is 0.149 e. The number of nitrogen functional groups attached to an aromatic ring is 1. The number of anilines is 1. The third-order valence-corrected chi connectivity index (χ3v) is 2.20. The Bertz CT molecular complexity index is 419. The standard InChI is InChI=1S/C10H12N4/c1-2-8-9(13-14-10(8)11)7-4-3-5-12-6-7/h3-6H,2H2,1H3,(H3,11,13,14). The Kier molecular flexibility index (Phi) is 2.18. The van der Waals surface area contributed by atoms with Gasteiger partial charge >= 0.3 is 0 Å². The Morgan fingerprint density at radius 1 is 1.50 bits per heavy atom. The maximum absolute atomic E-state index is 5.73. The fourth-order valence-corrected chi connectivity index (χ4v) is 1.49. The number of pyridine rings is 1. The third-order valence-electron chi connectivity index (χ3n) is 2.20. The molecule has 2 aromatic heterocycles. The summed E-state index contributed by atoms with van der Waals surface area (Å²) in [6.07, 6.45) is 4.41. The Morgan fingerprint density at radius 3 is 3.00 bits per heavy atom. The molecular weight excluding hydrogens is 176 g/mol. The van der Waals surface area contributed by atoms with Crippen LogP contribution in [0.1, 0.15) is 12.5 Å². The van der Waals surface area contributed by atoms with Gasteiger partial charge in [0.1, 0.15) is 5.82 Å². The van der Waals surface area contributed by atoms with Gasteiger partial charge in [0.25, 0.3) is 0 Å². The summed E-state index contributed by atoms with van der Waals surface area (Å²) in [4.78, 5) is 4.06. The van der Waals surface area contributed by atoms with Gasteiger partial charge in [-0.2, -0.15) is 5.10 Å². The molecule has 2 heterocycles. The molecule has 4 heteroatoms. The van der Waals surface area contributed by atoms with Gasteiger partial charge in [0.15, 0.2) is 0 Å². The first-order valence-corrected chi connectivity index (χ1v) is 4.56. The molecule has 0 radical (unpaired) electrons. The molecule has 0 bridgehead atoms. The predicted octanol–water partition coefficient (Wildman–Crippen LogP) is 1.62. The molecule has 0 aliphatic rings. The average Bonchev–Trinajstić information content (AvgIpc) is 2.61. The van der Waals surface area contributed by atoms with E-state index in [1.165, 1.54) is 0 Å². The molecule has 0 atom stereocenters. The number of H-pyrrole nitrogens is 1. The van der Waals surface area contributed by atoms with E-state index in [9.17, 15) is 0 Å². The lowest BCUT2D eigenvalue weighted by atomic mass is 10.1. The second kappa shape index (κ2) is 3.49. The Morgan fingerprint density at radius 2 is 2.36 bits per heavy atom. The minimum Gasteiger partial charge on any atom is -0.382 e. The summed E-state index contributed by atoms with van der Waals surface area (Å²) in [6, 6.07) is 3.88. The second-order valence-corrected chi connectivity index (χ2v) is 3.06.